The lowest BCUT2D eigenvalue weighted by Crippen LogP contribution is -1.65. The molecule has 0 nitrogen and oxygen atoms in total. The summed E-state index contributed by atoms with van der Waals surface area (Å²) in [5.41, 5.74) is 0. The Morgan fingerprint density at radius 3 is 2.09 bits per heavy atom. The minimum absolute atomic E-state index is 1.39. The summed E-state index contributed by atoms with van der Waals surface area (Å²) in [6, 6.07) is 8.52. The first-order valence-corrected chi connectivity index (χ1v) is 5.14. The molecular weight excluding hydrogens is 172 g/mol. The Bertz CT molecular complexity index is 275. The predicted octanol–water partition coefficient (Wildman–Crippen LogP) is 3.75. The standard InChI is InChI=1S/C9H8S2/c1-2-9-10-7-5-3-4-6-8(7)11-9/h2-6H,1H3. The van der Waals surface area contributed by atoms with E-state index < -0.39 is 0 Å². The number of rotatable bonds is 0. The van der Waals surface area contributed by atoms with Gasteiger partial charge in [0.05, 0.1) is 0 Å². The van der Waals surface area contributed by atoms with Crippen molar-refractivity contribution in [3.63, 3.8) is 0 Å². The van der Waals surface area contributed by atoms with Crippen molar-refractivity contribution in [3.05, 3.63) is 34.6 Å². The van der Waals surface area contributed by atoms with Crippen LogP contribution in [0.4, 0.5) is 0 Å². The summed E-state index contributed by atoms with van der Waals surface area (Å²) < 4.78 is 1.39. The van der Waals surface area contributed by atoms with Gasteiger partial charge in [-0.25, -0.2) is 0 Å². The van der Waals surface area contributed by atoms with Gasteiger partial charge in [0.2, 0.25) is 0 Å². The summed E-state index contributed by atoms with van der Waals surface area (Å²) in [4.78, 5) is 2.79. The third-order valence-corrected chi connectivity index (χ3v) is 4.16. The molecule has 0 saturated heterocycles. The molecule has 11 heavy (non-hydrogen) atoms. The average Bonchev–Trinajstić information content (AvgIpc) is 2.46. The highest BCUT2D eigenvalue weighted by molar-refractivity contribution is 8.24. The number of benzene rings is 1. The van der Waals surface area contributed by atoms with Crippen molar-refractivity contribution in [1.29, 1.82) is 0 Å². The van der Waals surface area contributed by atoms with Crippen LogP contribution >= 0.6 is 23.5 Å². The molecule has 0 fully saturated rings. The summed E-state index contributed by atoms with van der Waals surface area (Å²) in [5.74, 6) is 0. The van der Waals surface area contributed by atoms with Gasteiger partial charge >= 0.3 is 0 Å². The summed E-state index contributed by atoms with van der Waals surface area (Å²) >= 11 is 3.72. The minimum Gasteiger partial charge on any atom is -0.0819 e. The molecule has 2 rings (SSSR count). The molecule has 1 aromatic rings. The van der Waals surface area contributed by atoms with E-state index in [1.165, 1.54) is 14.0 Å². The first kappa shape index (κ1) is 7.32. The monoisotopic (exact) mass is 180 g/mol. The van der Waals surface area contributed by atoms with Crippen LogP contribution in [0.25, 0.3) is 0 Å². The highest BCUT2D eigenvalue weighted by Crippen LogP contribution is 2.50. The van der Waals surface area contributed by atoms with Crippen LogP contribution in [0, 0.1) is 0 Å². The van der Waals surface area contributed by atoms with E-state index >= 15 is 0 Å². The smallest absolute Gasteiger partial charge is 0.0456 e. The summed E-state index contributed by atoms with van der Waals surface area (Å²) in [7, 11) is 0. The van der Waals surface area contributed by atoms with Gasteiger partial charge < -0.3 is 0 Å². The van der Waals surface area contributed by atoms with Gasteiger partial charge in [0.1, 0.15) is 0 Å². The molecule has 1 aliphatic rings. The molecule has 0 N–H and O–H groups in total. The molecule has 0 unspecified atom stereocenters. The molecule has 2 heteroatoms. The maximum Gasteiger partial charge on any atom is 0.0456 e. The zero-order chi connectivity index (χ0) is 7.68. The molecule has 0 amide bonds. The van der Waals surface area contributed by atoms with Crippen LogP contribution < -0.4 is 0 Å². The molecule has 0 saturated carbocycles. The van der Waals surface area contributed by atoms with Gasteiger partial charge in [-0.05, 0) is 19.1 Å². The third-order valence-electron chi connectivity index (χ3n) is 1.51. The fourth-order valence-electron chi connectivity index (χ4n) is 0.974. The third kappa shape index (κ3) is 1.33. The minimum atomic E-state index is 1.39. The fourth-order valence-corrected chi connectivity index (χ4v) is 3.23. The van der Waals surface area contributed by atoms with Crippen molar-refractivity contribution in [3.8, 4) is 0 Å². The molecule has 56 valence electrons. The molecule has 0 radical (unpaired) electrons. The lowest BCUT2D eigenvalue weighted by Gasteiger charge is -1.90. The van der Waals surface area contributed by atoms with Crippen LogP contribution in [-0.2, 0) is 0 Å². The first-order chi connectivity index (χ1) is 5.40. The van der Waals surface area contributed by atoms with Crippen LogP contribution in [0.1, 0.15) is 6.92 Å². The van der Waals surface area contributed by atoms with Crippen LogP contribution in [-0.4, -0.2) is 0 Å². The van der Waals surface area contributed by atoms with Gasteiger partial charge in [-0.2, -0.15) is 0 Å². The Morgan fingerprint density at radius 1 is 1.09 bits per heavy atom. The summed E-state index contributed by atoms with van der Waals surface area (Å²) in [5, 5.41) is 0. The van der Waals surface area contributed by atoms with Crippen molar-refractivity contribution < 1.29 is 0 Å². The van der Waals surface area contributed by atoms with Gasteiger partial charge in [0.15, 0.2) is 0 Å². The number of hydrogen-bond donors (Lipinski definition) is 0. The van der Waals surface area contributed by atoms with E-state index in [0.29, 0.717) is 0 Å². The van der Waals surface area contributed by atoms with Crippen molar-refractivity contribution in [2.75, 3.05) is 0 Å². The first-order valence-electron chi connectivity index (χ1n) is 3.51. The van der Waals surface area contributed by atoms with Gasteiger partial charge in [-0.3, -0.25) is 0 Å². The van der Waals surface area contributed by atoms with E-state index in [4.69, 9.17) is 0 Å². The Kier molecular flexibility index (Phi) is 1.96. The lowest BCUT2D eigenvalue weighted by atomic mass is 10.4. The van der Waals surface area contributed by atoms with Crippen molar-refractivity contribution in [2.24, 2.45) is 0 Å². The second kappa shape index (κ2) is 2.95. The summed E-state index contributed by atoms with van der Waals surface area (Å²) in [6.45, 7) is 2.08. The van der Waals surface area contributed by atoms with E-state index in [9.17, 15) is 0 Å². The Morgan fingerprint density at radius 2 is 1.64 bits per heavy atom. The largest absolute Gasteiger partial charge is 0.0819 e. The molecular formula is C9H8S2. The Hall–Kier alpha value is -0.340. The quantitative estimate of drug-likeness (QED) is 0.596. The van der Waals surface area contributed by atoms with E-state index in [0.717, 1.165) is 0 Å². The molecule has 0 aromatic heterocycles. The van der Waals surface area contributed by atoms with Gasteiger partial charge in [0.25, 0.3) is 0 Å². The maximum atomic E-state index is 2.17. The van der Waals surface area contributed by atoms with Gasteiger partial charge in [-0.15, -0.1) is 0 Å². The molecule has 0 bridgehead atoms. The number of hydrogen-bond acceptors (Lipinski definition) is 2. The topological polar surface area (TPSA) is 0 Å². The summed E-state index contributed by atoms with van der Waals surface area (Å²) in [6.07, 6.45) is 2.16. The molecule has 0 atom stereocenters. The molecule has 1 aromatic carbocycles. The second-order valence-electron chi connectivity index (χ2n) is 2.26. The fraction of sp³-hybridized carbons (Fsp3) is 0.111. The average molecular weight is 180 g/mol. The predicted molar refractivity (Wildman–Crippen MR) is 51.9 cm³/mol. The Labute approximate surface area is 75.1 Å². The highest BCUT2D eigenvalue weighted by atomic mass is 32.2. The zero-order valence-electron chi connectivity index (χ0n) is 6.20. The zero-order valence-corrected chi connectivity index (χ0v) is 7.84. The molecule has 0 aliphatic carbocycles. The number of fused-ring (bicyclic) bond motifs is 1. The van der Waals surface area contributed by atoms with Crippen LogP contribution in [0.2, 0.25) is 0 Å². The van der Waals surface area contributed by atoms with E-state index in [1.807, 2.05) is 23.5 Å². The molecule has 1 aliphatic heterocycles. The molecule has 0 spiro atoms. The second-order valence-corrected chi connectivity index (χ2v) is 4.68. The normalized spacial score (nSPS) is 14.8. The van der Waals surface area contributed by atoms with Crippen molar-refractivity contribution in [2.45, 2.75) is 16.7 Å². The maximum absolute atomic E-state index is 2.17. The molecule has 1 heterocycles. The lowest BCUT2D eigenvalue weighted by molar-refractivity contribution is 1.27. The van der Waals surface area contributed by atoms with Crippen LogP contribution in [0.5, 0.6) is 0 Å². The highest BCUT2D eigenvalue weighted by Gasteiger charge is 2.14. The van der Waals surface area contributed by atoms with E-state index in [-0.39, 0.29) is 0 Å². The van der Waals surface area contributed by atoms with Crippen molar-refractivity contribution >= 4 is 23.5 Å². The van der Waals surface area contributed by atoms with E-state index in [2.05, 4.69) is 37.3 Å². The van der Waals surface area contributed by atoms with Crippen molar-refractivity contribution in [1.82, 2.24) is 0 Å². The Balaban J connectivity index is 2.41. The number of thioether (sulfide) groups is 2. The van der Waals surface area contributed by atoms with Gasteiger partial charge in [0, 0.05) is 14.0 Å². The van der Waals surface area contributed by atoms with Crippen LogP contribution in [0.15, 0.2) is 44.4 Å². The van der Waals surface area contributed by atoms with Gasteiger partial charge in [-0.1, -0.05) is 41.7 Å². The van der Waals surface area contributed by atoms with Crippen LogP contribution in [0.3, 0.4) is 0 Å². The number of allylic oxidation sites excluding steroid dienone is 1. The SMILES string of the molecule is CC=C1Sc2ccccc2S1. The van der Waals surface area contributed by atoms with E-state index in [1.54, 1.807) is 0 Å².